The summed E-state index contributed by atoms with van der Waals surface area (Å²) in [5, 5.41) is 1.02. The molecule has 0 N–H and O–H groups in total. The lowest BCUT2D eigenvalue weighted by Crippen LogP contribution is -2.07. The van der Waals surface area contributed by atoms with Crippen molar-refractivity contribution >= 4 is 48.5 Å². The van der Waals surface area contributed by atoms with Crippen molar-refractivity contribution in [1.29, 1.82) is 0 Å². The Morgan fingerprint density at radius 3 is 2.62 bits per heavy atom. The van der Waals surface area contributed by atoms with Crippen LogP contribution in [0.25, 0.3) is 10.9 Å². The zero-order valence-electron chi connectivity index (χ0n) is 11.0. The summed E-state index contributed by atoms with van der Waals surface area (Å²) in [4.78, 5) is 17.0. The Morgan fingerprint density at radius 2 is 1.81 bits per heavy atom. The van der Waals surface area contributed by atoms with E-state index in [2.05, 4.69) is 36.8 Å². The van der Waals surface area contributed by atoms with E-state index in [1.165, 1.54) is 0 Å². The summed E-state index contributed by atoms with van der Waals surface area (Å²) in [6.45, 7) is 0. The lowest BCUT2D eigenvalue weighted by molar-refractivity contribution is 0.0988. The van der Waals surface area contributed by atoms with Crippen molar-refractivity contribution in [3.05, 3.63) is 74.8 Å². The first-order valence-corrected chi connectivity index (χ1v) is 8.05. The summed E-state index contributed by atoms with van der Waals surface area (Å²) in [7, 11) is 0. The molecule has 0 atom stereocenters. The number of fused-ring (bicyclic) bond motifs is 1. The van der Waals surface area contributed by atoms with Gasteiger partial charge in [0.15, 0.2) is 5.78 Å². The summed E-state index contributed by atoms with van der Waals surface area (Å²) in [5.41, 5.74) is 2.28. The monoisotopic (exact) mass is 403 g/mol. The number of rotatable bonds is 3. The van der Waals surface area contributed by atoms with Gasteiger partial charge in [0, 0.05) is 20.8 Å². The fourth-order valence-electron chi connectivity index (χ4n) is 2.20. The number of nitrogens with zero attached hydrogens (tertiary/aromatic N) is 1. The Bertz CT molecular complexity index is 830. The first-order chi connectivity index (χ1) is 10.1. The number of pyridine rings is 1. The summed E-state index contributed by atoms with van der Waals surface area (Å²) in [6.07, 6.45) is 0.337. The number of ketones is 1. The molecule has 0 amide bonds. The van der Waals surface area contributed by atoms with Gasteiger partial charge in [0.25, 0.3) is 0 Å². The number of hydrogen-bond acceptors (Lipinski definition) is 2. The number of aromatic nitrogens is 1. The van der Waals surface area contributed by atoms with Crippen molar-refractivity contribution in [1.82, 2.24) is 4.98 Å². The molecule has 2 nitrogen and oxygen atoms in total. The molecular formula is C17H11Br2NO. The molecule has 0 saturated carbocycles. The summed E-state index contributed by atoms with van der Waals surface area (Å²) in [5.74, 6) is 0.00530. The second kappa shape index (κ2) is 6.08. The van der Waals surface area contributed by atoms with Crippen molar-refractivity contribution in [2.75, 3.05) is 0 Å². The van der Waals surface area contributed by atoms with Crippen LogP contribution in [-0.2, 0) is 6.42 Å². The third-order valence-corrected chi connectivity index (χ3v) is 4.29. The van der Waals surface area contributed by atoms with Crippen LogP contribution in [0.15, 0.2) is 63.5 Å². The van der Waals surface area contributed by atoms with Gasteiger partial charge in [-0.15, -0.1) is 0 Å². The van der Waals surface area contributed by atoms with E-state index in [4.69, 9.17) is 0 Å². The topological polar surface area (TPSA) is 30.0 Å². The van der Waals surface area contributed by atoms with Crippen LogP contribution in [0.4, 0.5) is 0 Å². The highest BCUT2D eigenvalue weighted by atomic mass is 79.9. The lowest BCUT2D eigenvalue weighted by Gasteiger charge is -2.06. The van der Waals surface area contributed by atoms with Crippen molar-refractivity contribution in [3.8, 4) is 0 Å². The Labute approximate surface area is 139 Å². The number of Topliss-reactive ketones (excluding diaryl/α,β-unsaturated/α-hetero) is 1. The molecule has 0 aliphatic rings. The van der Waals surface area contributed by atoms with Crippen LogP contribution < -0.4 is 0 Å². The van der Waals surface area contributed by atoms with Crippen LogP contribution in [-0.4, -0.2) is 10.8 Å². The maximum absolute atomic E-state index is 12.5. The van der Waals surface area contributed by atoms with Gasteiger partial charge in [-0.05, 0) is 45.8 Å². The van der Waals surface area contributed by atoms with Crippen molar-refractivity contribution < 1.29 is 4.79 Å². The molecular weight excluding hydrogens is 394 g/mol. The van der Waals surface area contributed by atoms with Crippen molar-refractivity contribution in [3.63, 3.8) is 0 Å². The van der Waals surface area contributed by atoms with Crippen LogP contribution >= 0.6 is 31.9 Å². The number of carbonyl (C=O) groups excluding carboxylic acids is 1. The van der Waals surface area contributed by atoms with Gasteiger partial charge in [0.2, 0.25) is 0 Å². The molecule has 0 radical (unpaired) electrons. The number of hydrogen-bond donors (Lipinski definition) is 0. The van der Waals surface area contributed by atoms with Gasteiger partial charge in [-0.3, -0.25) is 4.79 Å². The number of carbonyl (C=O) groups is 1. The predicted molar refractivity (Wildman–Crippen MR) is 91.6 cm³/mol. The molecule has 21 heavy (non-hydrogen) atoms. The minimum Gasteiger partial charge on any atom is -0.292 e. The molecule has 0 saturated heterocycles. The van der Waals surface area contributed by atoms with E-state index < -0.39 is 0 Å². The van der Waals surface area contributed by atoms with E-state index >= 15 is 0 Å². The van der Waals surface area contributed by atoms with Crippen LogP contribution in [0, 0.1) is 0 Å². The minimum atomic E-state index is 0.00530. The normalized spacial score (nSPS) is 10.8. The first kappa shape index (κ1) is 14.4. The van der Waals surface area contributed by atoms with Crippen LogP contribution in [0.1, 0.15) is 16.1 Å². The second-order valence-corrected chi connectivity index (χ2v) is 6.51. The molecule has 0 aliphatic carbocycles. The van der Waals surface area contributed by atoms with Crippen molar-refractivity contribution in [2.24, 2.45) is 0 Å². The van der Waals surface area contributed by atoms with Gasteiger partial charge in [-0.2, -0.15) is 0 Å². The Morgan fingerprint density at radius 1 is 1.00 bits per heavy atom. The standard InChI is InChI=1S/C17H11Br2NO/c18-13-6-3-4-11(8-13)9-16(21)17-14(19)10-12-5-1-2-7-15(12)20-17/h1-8,10H,9H2. The summed E-state index contributed by atoms with van der Waals surface area (Å²) in [6, 6.07) is 17.5. The van der Waals surface area contributed by atoms with Crippen LogP contribution in [0.5, 0.6) is 0 Å². The third kappa shape index (κ3) is 3.22. The van der Waals surface area contributed by atoms with Crippen LogP contribution in [0.3, 0.4) is 0 Å². The number of halogens is 2. The van der Waals surface area contributed by atoms with Gasteiger partial charge >= 0.3 is 0 Å². The summed E-state index contributed by atoms with van der Waals surface area (Å²) >= 11 is 6.87. The zero-order valence-corrected chi connectivity index (χ0v) is 14.2. The SMILES string of the molecule is O=C(Cc1cccc(Br)c1)c1nc2ccccc2cc1Br. The summed E-state index contributed by atoms with van der Waals surface area (Å²) < 4.78 is 1.71. The van der Waals surface area contributed by atoms with E-state index in [9.17, 15) is 4.79 Å². The average Bonchev–Trinajstić information content (AvgIpc) is 2.46. The fourth-order valence-corrected chi connectivity index (χ4v) is 3.20. The Balaban J connectivity index is 1.96. The fraction of sp³-hybridized carbons (Fsp3) is 0.0588. The molecule has 3 rings (SSSR count). The van der Waals surface area contributed by atoms with Gasteiger partial charge < -0.3 is 0 Å². The maximum Gasteiger partial charge on any atom is 0.186 e. The molecule has 0 spiro atoms. The average molecular weight is 405 g/mol. The quantitative estimate of drug-likeness (QED) is 0.562. The molecule has 1 heterocycles. The highest BCUT2D eigenvalue weighted by Crippen LogP contribution is 2.23. The highest BCUT2D eigenvalue weighted by molar-refractivity contribution is 9.10. The maximum atomic E-state index is 12.5. The zero-order chi connectivity index (χ0) is 14.8. The Kier molecular flexibility index (Phi) is 4.17. The van der Waals surface area contributed by atoms with E-state index in [-0.39, 0.29) is 5.78 Å². The minimum absolute atomic E-state index is 0.00530. The van der Waals surface area contributed by atoms with Crippen molar-refractivity contribution in [2.45, 2.75) is 6.42 Å². The van der Waals surface area contributed by atoms with Gasteiger partial charge in [0.05, 0.1) is 5.52 Å². The first-order valence-electron chi connectivity index (χ1n) is 6.46. The van der Waals surface area contributed by atoms with E-state index in [0.29, 0.717) is 12.1 Å². The molecule has 0 fully saturated rings. The highest BCUT2D eigenvalue weighted by Gasteiger charge is 2.14. The second-order valence-electron chi connectivity index (χ2n) is 4.74. The van der Waals surface area contributed by atoms with E-state index in [1.807, 2.05) is 54.6 Å². The predicted octanol–water partition coefficient (Wildman–Crippen LogP) is 5.19. The lowest BCUT2D eigenvalue weighted by atomic mass is 10.1. The number of para-hydroxylation sites is 1. The molecule has 104 valence electrons. The largest absolute Gasteiger partial charge is 0.292 e. The molecule has 0 aliphatic heterocycles. The third-order valence-electron chi connectivity index (χ3n) is 3.20. The van der Waals surface area contributed by atoms with Gasteiger partial charge in [-0.1, -0.05) is 46.3 Å². The van der Waals surface area contributed by atoms with Gasteiger partial charge in [-0.25, -0.2) is 4.98 Å². The Hall–Kier alpha value is -1.52. The molecule has 3 aromatic rings. The van der Waals surface area contributed by atoms with Crippen LogP contribution in [0.2, 0.25) is 0 Å². The number of benzene rings is 2. The molecule has 0 unspecified atom stereocenters. The smallest absolute Gasteiger partial charge is 0.186 e. The molecule has 4 heteroatoms. The van der Waals surface area contributed by atoms with E-state index in [0.717, 1.165) is 25.4 Å². The molecule has 1 aromatic heterocycles. The van der Waals surface area contributed by atoms with Gasteiger partial charge in [0.1, 0.15) is 5.69 Å². The van der Waals surface area contributed by atoms with E-state index in [1.54, 1.807) is 0 Å². The molecule has 0 bridgehead atoms. The molecule has 2 aromatic carbocycles.